The van der Waals surface area contributed by atoms with Gasteiger partial charge < -0.3 is 15.2 Å². The Labute approximate surface area is 123 Å². The summed E-state index contributed by atoms with van der Waals surface area (Å²) in [6.45, 7) is 3.71. The van der Waals surface area contributed by atoms with Gasteiger partial charge >= 0.3 is 0 Å². The SMILES string of the molecule is CCC(N)Cc1cc(OC2CCOCC2)ccc1Br. The number of nitrogens with two attached hydrogens (primary N) is 1. The van der Waals surface area contributed by atoms with Crippen molar-refractivity contribution in [2.45, 2.75) is 44.8 Å². The van der Waals surface area contributed by atoms with Crippen molar-refractivity contribution in [3.05, 3.63) is 28.2 Å². The van der Waals surface area contributed by atoms with Gasteiger partial charge in [-0.1, -0.05) is 22.9 Å². The largest absolute Gasteiger partial charge is 0.490 e. The lowest BCUT2D eigenvalue weighted by molar-refractivity contribution is 0.0255. The molecule has 0 aromatic heterocycles. The third-order valence-corrected chi connectivity index (χ3v) is 4.27. The molecule has 1 saturated heterocycles. The fourth-order valence-corrected chi connectivity index (χ4v) is 2.60. The van der Waals surface area contributed by atoms with Crippen LogP contribution >= 0.6 is 15.9 Å². The Morgan fingerprint density at radius 1 is 1.42 bits per heavy atom. The van der Waals surface area contributed by atoms with E-state index in [0.717, 1.165) is 49.1 Å². The third kappa shape index (κ3) is 4.48. The fraction of sp³-hybridized carbons (Fsp3) is 0.600. The predicted octanol–water partition coefficient (Wildman–Crippen LogP) is 3.29. The van der Waals surface area contributed by atoms with E-state index < -0.39 is 0 Å². The summed E-state index contributed by atoms with van der Waals surface area (Å²) in [7, 11) is 0. The van der Waals surface area contributed by atoms with E-state index in [1.165, 1.54) is 5.56 Å². The van der Waals surface area contributed by atoms with Gasteiger partial charge in [-0.25, -0.2) is 0 Å². The summed E-state index contributed by atoms with van der Waals surface area (Å²) in [5.41, 5.74) is 7.25. The Bertz CT molecular complexity index is 405. The smallest absolute Gasteiger partial charge is 0.120 e. The highest BCUT2D eigenvalue weighted by Gasteiger charge is 2.16. The van der Waals surface area contributed by atoms with E-state index in [9.17, 15) is 0 Å². The second-order valence-corrected chi connectivity index (χ2v) is 5.91. The minimum Gasteiger partial charge on any atom is -0.490 e. The highest BCUT2D eigenvalue weighted by molar-refractivity contribution is 9.10. The first-order chi connectivity index (χ1) is 9.19. The molecule has 1 aliphatic heterocycles. The molecule has 0 radical (unpaired) electrons. The van der Waals surface area contributed by atoms with Crippen molar-refractivity contribution < 1.29 is 9.47 Å². The molecule has 1 unspecified atom stereocenters. The van der Waals surface area contributed by atoms with Crippen molar-refractivity contribution >= 4 is 15.9 Å². The summed E-state index contributed by atoms with van der Waals surface area (Å²) in [5.74, 6) is 0.938. The first-order valence-electron chi connectivity index (χ1n) is 6.97. The van der Waals surface area contributed by atoms with Crippen LogP contribution in [0, 0.1) is 0 Å². The van der Waals surface area contributed by atoms with Crippen molar-refractivity contribution in [2.75, 3.05) is 13.2 Å². The van der Waals surface area contributed by atoms with E-state index in [1.54, 1.807) is 0 Å². The number of ether oxygens (including phenoxy) is 2. The molecule has 0 saturated carbocycles. The maximum absolute atomic E-state index is 6.03. The molecule has 4 heteroatoms. The lowest BCUT2D eigenvalue weighted by Gasteiger charge is -2.23. The van der Waals surface area contributed by atoms with Gasteiger partial charge in [0.05, 0.1) is 13.2 Å². The van der Waals surface area contributed by atoms with Crippen LogP contribution in [0.15, 0.2) is 22.7 Å². The molecule has 106 valence electrons. The van der Waals surface area contributed by atoms with Gasteiger partial charge in [0.15, 0.2) is 0 Å². The molecule has 1 heterocycles. The molecule has 1 atom stereocenters. The number of hydrogen-bond acceptors (Lipinski definition) is 3. The Kier molecular flexibility index (Phi) is 5.67. The molecule has 1 aromatic carbocycles. The lowest BCUT2D eigenvalue weighted by Crippen LogP contribution is -2.26. The molecule has 0 amide bonds. The van der Waals surface area contributed by atoms with Crippen LogP contribution < -0.4 is 10.5 Å². The maximum Gasteiger partial charge on any atom is 0.120 e. The molecule has 2 N–H and O–H groups in total. The first-order valence-corrected chi connectivity index (χ1v) is 7.76. The van der Waals surface area contributed by atoms with Crippen LogP contribution in [0.2, 0.25) is 0 Å². The van der Waals surface area contributed by atoms with Crippen LogP contribution in [0.5, 0.6) is 5.75 Å². The Morgan fingerprint density at radius 2 is 2.16 bits per heavy atom. The second-order valence-electron chi connectivity index (χ2n) is 5.06. The number of hydrogen-bond donors (Lipinski definition) is 1. The van der Waals surface area contributed by atoms with Crippen molar-refractivity contribution in [2.24, 2.45) is 5.73 Å². The monoisotopic (exact) mass is 327 g/mol. The molecular weight excluding hydrogens is 306 g/mol. The van der Waals surface area contributed by atoms with E-state index >= 15 is 0 Å². The number of rotatable bonds is 5. The van der Waals surface area contributed by atoms with Crippen molar-refractivity contribution in [1.82, 2.24) is 0 Å². The van der Waals surface area contributed by atoms with Gasteiger partial charge in [-0.2, -0.15) is 0 Å². The molecule has 3 nitrogen and oxygen atoms in total. The molecule has 1 aliphatic rings. The van der Waals surface area contributed by atoms with Crippen molar-refractivity contribution in [3.63, 3.8) is 0 Å². The standard InChI is InChI=1S/C15H22BrNO2/c1-2-12(17)9-11-10-14(3-4-15(11)16)19-13-5-7-18-8-6-13/h3-4,10,12-13H,2,5-9,17H2,1H3. The molecule has 1 fully saturated rings. The Balaban J connectivity index is 2.02. The van der Waals surface area contributed by atoms with Crippen LogP contribution in [-0.2, 0) is 11.2 Å². The van der Waals surface area contributed by atoms with Crippen LogP contribution in [0.1, 0.15) is 31.7 Å². The summed E-state index contributed by atoms with van der Waals surface area (Å²) < 4.78 is 12.5. The molecule has 0 bridgehead atoms. The zero-order valence-electron chi connectivity index (χ0n) is 11.4. The summed E-state index contributed by atoms with van der Waals surface area (Å²) in [5, 5.41) is 0. The van der Waals surface area contributed by atoms with Gasteiger partial charge in [0.2, 0.25) is 0 Å². The van der Waals surface area contributed by atoms with E-state index in [0.29, 0.717) is 0 Å². The summed E-state index contributed by atoms with van der Waals surface area (Å²) in [6.07, 6.45) is 4.09. The molecule has 0 aliphatic carbocycles. The predicted molar refractivity (Wildman–Crippen MR) is 80.6 cm³/mol. The minimum absolute atomic E-state index is 0.203. The quantitative estimate of drug-likeness (QED) is 0.902. The van der Waals surface area contributed by atoms with E-state index in [1.807, 2.05) is 12.1 Å². The number of benzene rings is 1. The van der Waals surface area contributed by atoms with Gasteiger partial charge in [-0.05, 0) is 36.6 Å². The molecule has 1 aromatic rings. The van der Waals surface area contributed by atoms with Gasteiger partial charge in [0.25, 0.3) is 0 Å². The minimum atomic E-state index is 0.203. The highest BCUT2D eigenvalue weighted by Crippen LogP contribution is 2.26. The summed E-state index contributed by atoms with van der Waals surface area (Å²) in [4.78, 5) is 0. The Morgan fingerprint density at radius 3 is 2.84 bits per heavy atom. The maximum atomic E-state index is 6.03. The van der Waals surface area contributed by atoms with Gasteiger partial charge in [0.1, 0.15) is 11.9 Å². The van der Waals surface area contributed by atoms with Crippen LogP contribution in [0.3, 0.4) is 0 Å². The topological polar surface area (TPSA) is 44.5 Å². The van der Waals surface area contributed by atoms with Crippen molar-refractivity contribution in [3.8, 4) is 5.75 Å². The van der Waals surface area contributed by atoms with Gasteiger partial charge in [-0.3, -0.25) is 0 Å². The average molecular weight is 328 g/mol. The summed E-state index contributed by atoms with van der Waals surface area (Å²) in [6, 6.07) is 6.37. The fourth-order valence-electron chi connectivity index (χ4n) is 2.19. The van der Waals surface area contributed by atoms with E-state index in [4.69, 9.17) is 15.2 Å². The van der Waals surface area contributed by atoms with Crippen LogP contribution in [0.25, 0.3) is 0 Å². The molecule has 2 rings (SSSR count). The lowest BCUT2D eigenvalue weighted by atomic mass is 10.0. The normalized spacial score (nSPS) is 18.3. The Hall–Kier alpha value is -0.580. The van der Waals surface area contributed by atoms with E-state index in [-0.39, 0.29) is 12.1 Å². The van der Waals surface area contributed by atoms with Gasteiger partial charge in [-0.15, -0.1) is 0 Å². The first kappa shape index (κ1) is 14.8. The zero-order chi connectivity index (χ0) is 13.7. The average Bonchev–Trinajstić information content (AvgIpc) is 2.43. The molecule has 0 spiro atoms. The van der Waals surface area contributed by atoms with Crippen LogP contribution in [-0.4, -0.2) is 25.4 Å². The van der Waals surface area contributed by atoms with E-state index in [2.05, 4.69) is 28.9 Å². The highest BCUT2D eigenvalue weighted by atomic mass is 79.9. The summed E-state index contributed by atoms with van der Waals surface area (Å²) >= 11 is 3.58. The zero-order valence-corrected chi connectivity index (χ0v) is 13.0. The second kappa shape index (κ2) is 7.27. The molecule has 19 heavy (non-hydrogen) atoms. The third-order valence-electron chi connectivity index (χ3n) is 3.49. The number of halogens is 1. The molecular formula is C15H22BrNO2. The van der Waals surface area contributed by atoms with Crippen molar-refractivity contribution in [1.29, 1.82) is 0 Å². The van der Waals surface area contributed by atoms with Gasteiger partial charge in [0, 0.05) is 23.4 Å². The van der Waals surface area contributed by atoms with Crippen LogP contribution in [0.4, 0.5) is 0 Å².